The first-order valence-corrected chi connectivity index (χ1v) is 9.31. The molecular formula is C16H21N3O5S. The van der Waals surface area contributed by atoms with Gasteiger partial charge in [0, 0.05) is 19.6 Å². The average Bonchev–Trinajstić information content (AvgIpc) is 3.16. The number of carbonyl (C=O) groups excluding carboxylic acids is 1. The Balaban J connectivity index is 0.000000196. The van der Waals surface area contributed by atoms with Crippen LogP contribution in [0.4, 0.5) is 0 Å². The molecule has 8 nitrogen and oxygen atoms in total. The number of hydrogen-bond acceptors (Lipinski definition) is 6. The van der Waals surface area contributed by atoms with Crippen LogP contribution >= 0.6 is 0 Å². The lowest BCUT2D eigenvalue weighted by Crippen LogP contribution is -2.16. The number of hydrogen-bond donors (Lipinski definition) is 2. The van der Waals surface area contributed by atoms with Gasteiger partial charge in [0.05, 0.1) is 22.9 Å². The van der Waals surface area contributed by atoms with E-state index >= 15 is 0 Å². The molecule has 0 saturated carbocycles. The smallest absolute Gasteiger partial charge is 0.374 e. The molecule has 136 valence electrons. The molecular weight excluding hydrogens is 346 g/mol. The van der Waals surface area contributed by atoms with Crippen LogP contribution in [-0.4, -0.2) is 35.1 Å². The van der Waals surface area contributed by atoms with E-state index in [1.807, 2.05) is 11.5 Å². The number of aromatic nitrogens is 2. The van der Waals surface area contributed by atoms with Gasteiger partial charge in [0.1, 0.15) is 0 Å². The average molecular weight is 367 g/mol. The second-order valence-electron chi connectivity index (χ2n) is 5.19. The minimum absolute atomic E-state index is 0.0741. The van der Waals surface area contributed by atoms with Crippen molar-refractivity contribution >= 4 is 16.1 Å². The van der Waals surface area contributed by atoms with Crippen molar-refractivity contribution in [2.24, 2.45) is 0 Å². The molecule has 0 spiro atoms. The first-order valence-electron chi connectivity index (χ1n) is 7.87. The summed E-state index contributed by atoms with van der Waals surface area (Å²) in [6, 6.07) is 7.42. The number of imidazole rings is 1. The molecule has 0 unspecified atom stereocenters. The Morgan fingerprint density at radius 3 is 2.48 bits per heavy atom. The molecule has 3 rings (SSSR count). The molecule has 0 saturated heterocycles. The van der Waals surface area contributed by atoms with Gasteiger partial charge < -0.3 is 14.6 Å². The van der Waals surface area contributed by atoms with E-state index in [9.17, 15) is 13.2 Å². The van der Waals surface area contributed by atoms with Crippen molar-refractivity contribution in [3.05, 3.63) is 47.5 Å². The Morgan fingerprint density at radius 1 is 1.28 bits per heavy atom. The van der Waals surface area contributed by atoms with Crippen LogP contribution in [0.15, 0.2) is 35.2 Å². The molecule has 0 fully saturated rings. The van der Waals surface area contributed by atoms with Crippen molar-refractivity contribution in [2.45, 2.75) is 38.4 Å². The molecule has 1 aromatic heterocycles. The number of nitrogens with one attached hydrogen (secondary N) is 1. The fraction of sp³-hybridized carbons (Fsp3) is 0.375. The minimum Gasteiger partial charge on any atom is -0.460 e. The van der Waals surface area contributed by atoms with Crippen LogP contribution in [0.5, 0.6) is 0 Å². The first kappa shape index (κ1) is 19.1. The normalized spacial score (nSPS) is 12.9. The summed E-state index contributed by atoms with van der Waals surface area (Å²) in [5, 5.41) is 3.21. The summed E-state index contributed by atoms with van der Waals surface area (Å²) >= 11 is 0. The Bertz CT molecular complexity index is 831. The molecule has 9 heteroatoms. The summed E-state index contributed by atoms with van der Waals surface area (Å²) in [5.74, 6) is 0.111. The molecule has 0 bridgehead atoms. The van der Waals surface area contributed by atoms with Crippen LogP contribution in [0.3, 0.4) is 0 Å². The van der Waals surface area contributed by atoms with Crippen LogP contribution in [-0.2, 0) is 34.5 Å². The lowest BCUT2D eigenvalue weighted by atomic mass is 10.4. The highest BCUT2D eigenvalue weighted by Gasteiger charge is 2.24. The van der Waals surface area contributed by atoms with Gasteiger partial charge in [0.15, 0.2) is 0 Å². The van der Waals surface area contributed by atoms with E-state index in [0.29, 0.717) is 12.4 Å². The number of nitrogens with zero attached hydrogens (tertiary/aromatic N) is 2. The number of benzene rings is 1. The molecule has 0 amide bonds. The Kier molecular flexibility index (Phi) is 6.29. The maximum atomic E-state index is 11.6. The van der Waals surface area contributed by atoms with E-state index in [0.717, 1.165) is 31.0 Å². The molecule has 0 aliphatic carbocycles. The monoisotopic (exact) mass is 367 g/mol. The maximum Gasteiger partial charge on any atom is 0.374 e. The number of rotatable bonds is 4. The molecule has 1 aliphatic rings. The highest BCUT2D eigenvalue weighted by Crippen LogP contribution is 2.17. The van der Waals surface area contributed by atoms with Crippen LogP contribution in [0, 0.1) is 0 Å². The van der Waals surface area contributed by atoms with Gasteiger partial charge in [-0.05, 0) is 26.0 Å². The van der Waals surface area contributed by atoms with Gasteiger partial charge in [-0.25, -0.2) is 9.78 Å². The zero-order chi connectivity index (χ0) is 18.4. The summed E-state index contributed by atoms with van der Waals surface area (Å²) in [6.45, 7) is 6.47. The van der Waals surface area contributed by atoms with Crippen molar-refractivity contribution in [3.63, 3.8) is 0 Å². The molecule has 25 heavy (non-hydrogen) atoms. The summed E-state index contributed by atoms with van der Waals surface area (Å²) in [5.41, 5.74) is 2.08. The minimum atomic E-state index is -4.00. The first-order chi connectivity index (χ1) is 11.9. The van der Waals surface area contributed by atoms with Crippen LogP contribution in [0.2, 0.25) is 0 Å². The predicted octanol–water partition coefficient (Wildman–Crippen LogP) is 1.62. The number of ether oxygens (including phenoxy) is 1. The molecule has 2 N–H and O–H groups in total. The van der Waals surface area contributed by atoms with Crippen molar-refractivity contribution in [1.82, 2.24) is 14.9 Å². The van der Waals surface area contributed by atoms with Gasteiger partial charge >= 0.3 is 5.97 Å². The highest BCUT2D eigenvalue weighted by molar-refractivity contribution is 7.85. The Morgan fingerprint density at radius 2 is 1.96 bits per heavy atom. The van der Waals surface area contributed by atoms with E-state index in [4.69, 9.17) is 9.29 Å². The summed E-state index contributed by atoms with van der Waals surface area (Å²) in [6.07, 6.45) is 0. The van der Waals surface area contributed by atoms with Crippen molar-refractivity contribution < 1.29 is 22.5 Å². The third-order valence-electron chi connectivity index (χ3n) is 3.56. The Labute approximate surface area is 146 Å². The topological polar surface area (TPSA) is 111 Å². The fourth-order valence-electron chi connectivity index (χ4n) is 2.46. The van der Waals surface area contributed by atoms with Crippen molar-refractivity contribution in [2.75, 3.05) is 6.61 Å². The number of esters is 1. The van der Waals surface area contributed by atoms with Crippen LogP contribution in [0.25, 0.3) is 0 Å². The van der Waals surface area contributed by atoms with Crippen molar-refractivity contribution in [3.8, 4) is 0 Å². The molecule has 0 atom stereocenters. The molecule has 2 heterocycles. The standard InChI is InChI=1S/C10H15N3O2.C6H6O3S/c1-3-13-8-6-11-5-7(8)12-9(13)10(14)15-4-2;7-10(8,9)6-4-2-1-3-5-6/h11H,3-6H2,1-2H3;1-5H,(H,7,8,9). The van der Waals surface area contributed by atoms with E-state index in [1.54, 1.807) is 25.1 Å². The second-order valence-corrected chi connectivity index (χ2v) is 6.61. The lowest BCUT2D eigenvalue weighted by Gasteiger charge is -2.06. The molecule has 0 radical (unpaired) electrons. The molecule has 1 aliphatic heterocycles. The summed E-state index contributed by atoms with van der Waals surface area (Å²) in [7, 11) is -4.00. The summed E-state index contributed by atoms with van der Waals surface area (Å²) < 4.78 is 36.1. The van der Waals surface area contributed by atoms with Gasteiger partial charge in [-0.3, -0.25) is 4.55 Å². The summed E-state index contributed by atoms with van der Waals surface area (Å²) in [4.78, 5) is 15.8. The molecule has 2 aromatic rings. The second kappa shape index (κ2) is 8.24. The predicted molar refractivity (Wildman–Crippen MR) is 90.7 cm³/mol. The Hall–Kier alpha value is -2.23. The zero-order valence-corrected chi connectivity index (χ0v) is 14.9. The third-order valence-corrected chi connectivity index (χ3v) is 4.42. The van der Waals surface area contributed by atoms with Crippen LogP contribution < -0.4 is 5.32 Å². The van der Waals surface area contributed by atoms with Gasteiger partial charge in [-0.1, -0.05) is 18.2 Å². The molecule has 1 aromatic carbocycles. The van der Waals surface area contributed by atoms with E-state index < -0.39 is 10.1 Å². The SMILES string of the molecule is CCOC(=O)c1nc2c(n1CC)CNC2.O=S(=O)(O)c1ccccc1. The van der Waals surface area contributed by atoms with Gasteiger partial charge in [-0.15, -0.1) is 0 Å². The van der Waals surface area contributed by atoms with Crippen molar-refractivity contribution in [1.29, 1.82) is 0 Å². The van der Waals surface area contributed by atoms with Gasteiger partial charge in [-0.2, -0.15) is 8.42 Å². The zero-order valence-electron chi connectivity index (χ0n) is 14.1. The van der Waals surface area contributed by atoms with E-state index in [1.165, 1.54) is 12.1 Å². The van der Waals surface area contributed by atoms with E-state index in [2.05, 4.69) is 10.3 Å². The number of fused-ring (bicyclic) bond motifs is 1. The lowest BCUT2D eigenvalue weighted by molar-refractivity contribution is 0.0506. The largest absolute Gasteiger partial charge is 0.460 e. The van der Waals surface area contributed by atoms with Gasteiger partial charge in [0.25, 0.3) is 10.1 Å². The van der Waals surface area contributed by atoms with E-state index in [-0.39, 0.29) is 10.9 Å². The van der Waals surface area contributed by atoms with Gasteiger partial charge in [0.2, 0.25) is 5.82 Å². The fourth-order valence-corrected chi connectivity index (χ4v) is 2.96. The number of carbonyl (C=O) groups is 1. The van der Waals surface area contributed by atoms with Crippen LogP contribution in [0.1, 0.15) is 35.9 Å². The maximum absolute atomic E-state index is 11.6. The third kappa shape index (κ3) is 4.65. The quantitative estimate of drug-likeness (QED) is 0.624. The highest BCUT2D eigenvalue weighted by atomic mass is 32.2.